The van der Waals surface area contributed by atoms with Gasteiger partial charge in [-0.3, -0.25) is 0 Å². The zero-order valence-electron chi connectivity index (χ0n) is 21.9. The van der Waals surface area contributed by atoms with Crippen LogP contribution in [-0.2, 0) is 9.47 Å². The molecule has 2 nitrogen and oxygen atoms in total. The van der Waals surface area contributed by atoms with Gasteiger partial charge in [0.1, 0.15) is 0 Å². The summed E-state index contributed by atoms with van der Waals surface area (Å²) in [5.74, 6) is 5.69. The van der Waals surface area contributed by atoms with Gasteiger partial charge in [0.15, 0.2) is 0 Å². The van der Waals surface area contributed by atoms with Gasteiger partial charge in [-0.2, -0.15) is 0 Å². The fourth-order valence-electron chi connectivity index (χ4n) is 7.80. The summed E-state index contributed by atoms with van der Waals surface area (Å²) < 4.78 is 12.5. The first-order valence-corrected chi connectivity index (χ1v) is 15.1. The van der Waals surface area contributed by atoms with E-state index >= 15 is 0 Å². The second-order valence-corrected chi connectivity index (χ2v) is 12.3. The fraction of sp³-hybridized carbons (Fsp3) is 0.935. The molecule has 0 radical (unpaired) electrons. The van der Waals surface area contributed by atoms with Crippen molar-refractivity contribution in [2.24, 2.45) is 35.5 Å². The Bertz CT molecular complexity index is 527. The molecule has 0 aromatic heterocycles. The summed E-state index contributed by atoms with van der Waals surface area (Å²) in [6.07, 6.45) is 28.2. The van der Waals surface area contributed by atoms with Crippen molar-refractivity contribution in [3.05, 3.63) is 12.7 Å². The molecule has 0 atom stereocenters. The second kappa shape index (κ2) is 13.7. The molecule has 0 aromatic rings. The monoisotopic (exact) mass is 458 g/mol. The van der Waals surface area contributed by atoms with Crippen molar-refractivity contribution in [1.29, 1.82) is 0 Å². The van der Waals surface area contributed by atoms with Crippen LogP contribution in [0.3, 0.4) is 0 Å². The van der Waals surface area contributed by atoms with E-state index in [1.165, 1.54) is 116 Å². The molecule has 0 aliphatic heterocycles. The molecule has 0 saturated heterocycles. The lowest BCUT2D eigenvalue weighted by molar-refractivity contribution is -0.0328. The van der Waals surface area contributed by atoms with Crippen LogP contribution in [0.25, 0.3) is 0 Å². The first-order chi connectivity index (χ1) is 16.2. The molecule has 0 N–H and O–H groups in total. The van der Waals surface area contributed by atoms with E-state index in [1.54, 1.807) is 0 Å². The molecule has 2 heteroatoms. The van der Waals surface area contributed by atoms with Gasteiger partial charge >= 0.3 is 0 Å². The molecular weight excluding hydrogens is 404 g/mol. The summed E-state index contributed by atoms with van der Waals surface area (Å²) in [4.78, 5) is 0. The van der Waals surface area contributed by atoms with E-state index in [0.717, 1.165) is 48.7 Å². The highest BCUT2D eigenvalue weighted by Crippen LogP contribution is 2.45. The highest BCUT2D eigenvalue weighted by Gasteiger charge is 2.34. The minimum absolute atomic E-state index is 0.528. The zero-order valence-corrected chi connectivity index (χ0v) is 21.9. The lowest BCUT2D eigenvalue weighted by Gasteiger charge is -2.41. The van der Waals surface area contributed by atoms with E-state index in [2.05, 4.69) is 19.6 Å². The van der Waals surface area contributed by atoms with Crippen LogP contribution in [0.15, 0.2) is 12.7 Å². The van der Waals surface area contributed by atoms with Gasteiger partial charge in [0.05, 0.1) is 12.2 Å². The zero-order chi connectivity index (χ0) is 22.9. The molecule has 0 unspecified atom stereocenters. The van der Waals surface area contributed by atoms with E-state index in [0.29, 0.717) is 12.2 Å². The number of ether oxygens (including phenoxy) is 2. The molecule has 4 saturated carbocycles. The summed E-state index contributed by atoms with van der Waals surface area (Å²) in [5, 5.41) is 0. The lowest BCUT2D eigenvalue weighted by atomic mass is 9.65. The van der Waals surface area contributed by atoms with Crippen LogP contribution in [-0.4, -0.2) is 25.4 Å². The normalized spacial score (nSPS) is 40.4. The molecule has 4 aliphatic rings. The lowest BCUT2D eigenvalue weighted by Crippen LogP contribution is -2.32. The van der Waals surface area contributed by atoms with E-state index in [-0.39, 0.29) is 0 Å². The van der Waals surface area contributed by atoms with Crippen LogP contribution >= 0.6 is 0 Å². The summed E-state index contributed by atoms with van der Waals surface area (Å²) in [6.45, 7) is 8.24. The Morgan fingerprint density at radius 3 is 1.58 bits per heavy atom. The van der Waals surface area contributed by atoms with Crippen LogP contribution in [0, 0.1) is 35.5 Å². The summed E-state index contributed by atoms with van der Waals surface area (Å²) in [7, 11) is 0. The number of allylic oxidation sites excluding steroid dienone is 1. The third-order valence-electron chi connectivity index (χ3n) is 10.2. The molecule has 0 amide bonds. The van der Waals surface area contributed by atoms with E-state index in [9.17, 15) is 0 Å². The van der Waals surface area contributed by atoms with Crippen molar-refractivity contribution >= 4 is 0 Å². The Kier molecular flexibility index (Phi) is 10.7. The molecule has 0 bridgehead atoms. The largest absolute Gasteiger partial charge is 0.378 e. The average molecular weight is 459 g/mol. The van der Waals surface area contributed by atoms with Gasteiger partial charge < -0.3 is 9.47 Å². The molecule has 0 aromatic carbocycles. The summed E-state index contributed by atoms with van der Waals surface area (Å²) in [5.41, 5.74) is 0. The van der Waals surface area contributed by atoms with Gasteiger partial charge in [-0.1, -0.05) is 19.4 Å². The van der Waals surface area contributed by atoms with E-state index in [1.807, 2.05) is 0 Å². The molecule has 4 rings (SSSR count). The summed E-state index contributed by atoms with van der Waals surface area (Å²) >= 11 is 0. The van der Waals surface area contributed by atoms with Crippen LogP contribution in [0.4, 0.5) is 0 Å². The first kappa shape index (κ1) is 25.7. The third kappa shape index (κ3) is 7.83. The Balaban J connectivity index is 1.06. The summed E-state index contributed by atoms with van der Waals surface area (Å²) in [6, 6.07) is 0. The Morgan fingerprint density at radius 2 is 1.06 bits per heavy atom. The maximum atomic E-state index is 6.46. The number of unbranched alkanes of at least 4 members (excludes halogenated alkanes) is 1. The minimum Gasteiger partial charge on any atom is -0.378 e. The Morgan fingerprint density at radius 1 is 0.606 bits per heavy atom. The molecule has 190 valence electrons. The van der Waals surface area contributed by atoms with Gasteiger partial charge in [-0.25, -0.2) is 0 Å². The van der Waals surface area contributed by atoms with E-state index < -0.39 is 0 Å². The molecule has 4 fully saturated rings. The van der Waals surface area contributed by atoms with Gasteiger partial charge in [-0.15, -0.1) is 6.58 Å². The predicted octanol–water partition coefficient (Wildman–Crippen LogP) is 8.74. The minimum atomic E-state index is 0.528. The molecule has 0 spiro atoms. The Hall–Kier alpha value is -0.340. The van der Waals surface area contributed by atoms with Crippen LogP contribution < -0.4 is 0 Å². The molecule has 0 heterocycles. The molecular formula is C31H54O2. The maximum absolute atomic E-state index is 6.46. The van der Waals surface area contributed by atoms with Crippen LogP contribution in [0.1, 0.15) is 122 Å². The number of rotatable bonds is 10. The van der Waals surface area contributed by atoms with Crippen molar-refractivity contribution < 1.29 is 9.47 Å². The topological polar surface area (TPSA) is 18.5 Å². The van der Waals surface area contributed by atoms with Gasteiger partial charge in [0.2, 0.25) is 0 Å². The Labute approximate surface area is 205 Å². The van der Waals surface area contributed by atoms with Crippen molar-refractivity contribution in [2.45, 2.75) is 135 Å². The van der Waals surface area contributed by atoms with Crippen molar-refractivity contribution in [3.8, 4) is 0 Å². The van der Waals surface area contributed by atoms with Gasteiger partial charge in [0, 0.05) is 13.2 Å². The van der Waals surface area contributed by atoms with Crippen LogP contribution in [0.5, 0.6) is 0 Å². The van der Waals surface area contributed by atoms with Crippen molar-refractivity contribution in [3.63, 3.8) is 0 Å². The average Bonchev–Trinajstić information content (AvgIpc) is 2.89. The number of hydrogen-bond acceptors (Lipinski definition) is 2. The number of hydrogen-bond donors (Lipinski definition) is 0. The van der Waals surface area contributed by atoms with Crippen molar-refractivity contribution in [1.82, 2.24) is 0 Å². The first-order valence-electron chi connectivity index (χ1n) is 15.1. The SMILES string of the molecule is C=CC1CCC(C2CCC(C3CCC(OCC4CCC(OCCCC)CC4)CC3)CC2)CC1. The predicted molar refractivity (Wildman–Crippen MR) is 139 cm³/mol. The highest BCUT2D eigenvalue weighted by atomic mass is 16.5. The highest BCUT2D eigenvalue weighted by molar-refractivity contribution is 4.89. The maximum Gasteiger partial charge on any atom is 0.0575 e. The molecule has 4 aliphatic carbocycles. The van der Waals surface area contributed by atoms with Gasteiger partial charge in [-0.05, 0) is 145 Å². The van der Waals surface area contributed by atoms with Crippen LogP contribution in [0.2, 0.25) is 0 Å². The van der Waals surface area contributed by atoms with Gasteiger partial charge in [0.25, 0.3) is 0 Å². The second-order valence-electron chi connectivity index (χ2n) is 12.3. The van der Waals surface area contributed by atoms with Crippen molar-refractivity contribution in [2.75, 3.05) is 13.2 Å². The van der Waals surface area contributed by atoms with E-state index in [4.69, 9.17) is 9.47 Å². The quantitative estimate of drug-likeness (QED) is 0.241. The third-order valence-corrected chi connectivity index (χ3v) is 10.2. The smallest absolute Gasteiger partial charge is 0.0575 e. The fourth-order valence-corrected chi connectivity index (χ4v) is 7.80. The standard InChI is InChI=1S/C31H54O2/c1-3-5-22-32-30-18-8-25(9-19-30)23-33-31-20-16-29(17-21-31)28-14-12-27(13-15-28)26-10-6-24(4-2)7-11-26/h4,24-31H,2-3,5-23H2,1H3. The molecule has 33 heavy (non-hydrogen) atoms.